The molecule has 0 aromatic carbocycles. The summed E-state index contributed by atoms with van der Waals surface area (Å²) in [6.07, 6.45) is 5.95. The van der Waals surface area contributed by atoms with Crippen LogP contribution in [0.15, 0.2) is 0 Å². The minimum atomic E-state index is -0.249. The van der Waals surface area contributed by atoms with Crippen molar-refractivity contribution in [1.82, 2.24) is 15.5 Å². The molecular formula is C16H29N3O3. The topological polar surface area (TPSA) is 70.7 Å². The smallest absolute Gasteiger partial charge is 0.409 e. The number of amides is 3. The molecule has 2 aliphatic rings. The predicted molar refractivity (Wildman–Crippen MR) is 84.7 cm³/mol. The summed E-state index contributed by atoms with van der Waals surface area (Å²) in [5.74, 6) is 0.701. The van der Waals surface area contributed by atoms with Gasteiger partial charge in [-0.3, -0.25) is 0 Å². The number of nitrogens with one attached hydrogen (secondary N) is 2. The second-order valence-electron chi connectivity index (χ2n) is 6.55. The lowest BCUT2D eigenvalue weighted by Crippen LogP contribution is -2.51. The van der Waals surface area contributed by atoms with Gasteiger partial charge in [-0.05, 0) is 38.5 Å². The van der Waals surface area contributed by atoms with E-state index in [1.165, 1.54) is 12.8 Å². The number of likely N-dealkylation sites (tertiary alicyclic amines) is 1. The lowest BCUT2D eigenvalue weighted by molar-refractivity contribution is 0.0956. The van der Waals surface area contributed by atoms with Crippen molar-refractivity contribution in [3.63, 3.8) is 0 Å². The maximum Gasteiger partial charge on any atom is 0.409 e. The number of nitrogens with zero attached hydrogens (tertiary/aromatic N) is 1. The number of hydrogen-bond donors (Lipinski definition) is 2. The predicted octanol–water partition coefficient (Wildman–Crippen LogP) is 2.49. The molecule has 2 atom stereocenters. The highest BCUT2D eigenvalue weighted by Crippen LogP contribution is 2.23. The van der Waals surface area contributed by atoms with Crippen LogP contribution in [0.3, 0.4) is 0 Å². The van der Waals surface area contributed by atoms with Crippen LogP contribution >= 0.6 is 0 Å². The fraction of sp³-hybridized carbons (Fsp3) is 0.875. The molecule has 2 rings (SSSR count). The molecule has 0 spiro atoms. The largest absolute Gasteiger partial charge is 0.450 e. The molecule has 1 saturated heterocycles. The Morgan fingerprint density at radius 1 is 1.09 bits per heavy atom. The summed E-state index contributed by atoms with van der Waals surface area (Å²) in [4.78, 5) is 25.4. The Hall–Kier alpha value is -1.46. The first-order chi connectivity index (χ1) is 10.6. The minimum Gasteiger partial charge on any atom is -0.450 e. The molecule has 2 fully saturated rings. The summed E-state index contributed by atoms with van der Waals surface area (Å²) in [7, 11) is 0. The van der Waals surface area contributed by atoms with Crippen molar-refractivity contribution in [2.45, 2.75) is 64.5 Å². The van der Waals surface area contributed by atoms with Crippen molar-refractivity contribution in [3.05, 3.63) is 0 Å². The number of ether oxygens (including phenoxy) is 1. The Morgan fingerprint density at radius 3 is 2.41 bits per heavy atom. The Kier molecular flexibility index (Phi) is 6.34. The van der Waals surface area contributed by atoms with Gasteiger partial charge in [0.1, 0.15) is 0 Å². The van der Waals surface area contributed by atoms with Crippen molar-refractivity contribution in [3.8, 4) is 0 Å². The maximum atomic E-state index is 12.1. The first-order valence-corrected chi connectivity index (χ1v) is 8.57. The number of carbonyl (C=O) groups is 2. The molecular weight excluding hydrogens is 282 g/mol. The van der Waals surface area contributed by atoms with E-state index in [0.29, 0.717) is 31.7 Å². The molecule has 0 aromatic heterocycles. The minimum absolute atomic E-state index is 0.0614. The van der Waals surface area contributed by atoms with Gasteiger partial charge >= 0.3 is 12.1 Å². The molecule has 22 heavy (non-hydrogen) atoms. The second-order valence-corrected chi connectivity index (χ2v) is 6.55. The van der Waals surface area contributed by atoms with Crippen LogP contribution in [0.25, 0.3) is 0 Å². The zero-order valence-electron chi connectivity index (χ0n) is 13.8. The molecule has 6 nitrogen and oxygen atoms in total. The average Bonchev–Trinajstić information content (AvgIpc) is 2.48. The van der Waals surface area contributed by atoms with Crippen LogP contribution in [-0.2, 0) is 4.74 Å². The number of carbonyl (C=O) groups excluding carboxylic acids is 2. The van der Waals surface area contributed by atoms with Gasteiger partial charge in [0.15, 0.2) is 0 Å². The van der Waals surface area contributed by atoms with Crippen molar-refractivity contribution in [2.75, 3.05) is 19.7 Å². The van der Waals surface area contributed by atoms with E-state index >= 15 is 0 Å². The Bertz CT molecular complexity index is 381. The van der Waals surface area contributed by atoms with E-state index in [4.69, 9.17) is 4.74 Å². The van der Waals surface area contributed by atoms with Gasteiger partial charge in [0.2, 0.25) is 0 Å². The van der Waals surface area contributed by atoms with Crippen molar-refractivity contribution < 1.29 is 14.3 Å². The first kappa shape index (κ1) is 16.9. The molecule has 0 radical (unpaired) electrons. The van der Waals surface area contributed by atoms with Gasteiger partial charge in [0.05, 0.1) is 6.61 Å². The summed E-state index contributed by atoms with van der Waals surface area (Å²) < 4.78 is 5.00. The molecule has 0 bridgehead atoms. The molecule has 126 valence electrons. The van der Waals surface area contributed by atoms with Crippen LogP contribution in [0.4, 0.5) is 9.59 Å². The molecule has 6 heteroatoms. The van der Waals surface area contributed by atoms with Gasteiger partial charge in [-0.25, -0.2) is 9.59 Å². The summed E-state index contributed by atoms with van der Waals surface area (Å²) >= 11 is 0. The van der Waals surface area contributed by atoms with Gasteiger partial charge in [0.25, 0.3) is 0 Å². The van der Waals surface area contributed by atoms with E-state index in [1.807, 2.05) is 6.92 Å². The van der Waals surface area contributed by atoms with E-state index in [1.54, 1.807) is 4.90 Å². The summed E-state index contributed by atoms with van der Waals surface area (Å²) in [5.41, 5.74) is 0. The molecule has 1 aliphatic heterocycles. The first-order valence-electron chi connectivity index (χ1n) is 8.57. The van der Waals surface area contributed by atoms with E-state index < -0.39 is 0 Å². The van der Waals surface area contributed by atoms with Crippen LogP contribution in [0, 0.1) is 5.92 Å². The molecule has 2 unspecified atom stereocenters. The average molecular weight is 311 g/mol. The fourth-order valence-electron chi connectivity index (χ4n) is 3.40. The molecule has 1 saturated carbocycles. The highest BCUT2D eigenvalue weighted by molar-refractivity contribution is 5.74. The zero-order chi connectivity index (χ0) is 15.9. The van der Waals surface area contributed by atoms with Crippen LogP contribution in [0.5, 0.6) is 0 Å². The Morgan fingerprint density at radius 2 is 1.77 bits per heavy atom. The lowest BCUT2D eigenvalue weighted by atomic mass is 9.87. The Balaban J connectivity index is 1.67. The monoisotopic (exact) mass is 311 g/mol. The molecule has 1 aliphatic carbocycles. The SMILES string of the molecule is CCOC(=O)N1CCC(NC(=O)NC2CCCC(C)C2)CC1. The summed E-state index contributed by atoms with van der Waals surface area (Å²) in [5, 5.41) is 6.14. The second kappa shape index (κ2) is 8.25. The molecule has 2 N–H and O–H groups in total. The highest BCUT2D eigenvalue weighted by atomic mass is 16.6. The van der Waals surface area contributed by atoms with E-state index in [2.05, 4.69) is 17.6 Å². The summed E-state index contributed by atoms with van der Waals surface area (Å²) in [6.45, 7) is 5.74. The lowest BCUT2D eigenvalue weighted by Gasteiger charge is -2.32. The zero-order valence-corrected chi connectivity index (χ0v) is 13.8. The highest BCUT2D eigenvalue weighted by Gasteiger charge is 2.26. The Labute approximate surface area is 132 Å². The van der Waals surface area contributed by atoms with E-state index in [-0.39, 0.29) is 18.2 Å². The van der Waals surface area contributed by atoms with Gasteiger partial charge in [0, 0.05) is 25.2 Å². The van der Waals surface area contributed by atoms with Crippen LogP contribution < -0.4 is 10.6 Å². The molecule has 3 amide bonds. The van der Waals surface area contributed by atoms with Crippen molar-refractivity contribution in [1.29, 1.82) is 0 Å². The van der Waals surface area contributed by atoms with Gasteiger partial charge in [-0.1, -0.05) is 19.8 Å². The van der Waals surface area contributed by atoms with Crippen LogP contribution in [0.1, 0.15) is 52.4 Å². The third-order valence-electron chi connectivity index (χ3n) is 4.63. The maximum absolute atomic E-state index is 12.1. The van der Waals surface area contributed by atoms with Crippen molar-refractivity contribution >= 4 is 12.1 Å². The standard InChI is InChI=1S/C16H29N3O3/c1-3-22-16(21)19-9-7-13(8-10-19)17-15(20)18-14-6-4-5-12(2)11-14/h12-14H,3-11H2,1-2H3,(H2,17,18,20). The number of urea groups is 1. The quantitative estimate of drug-likeness (QED) is 0.841. The number of piperidine rings is 1. The van der Waals surface area contributed by atoms with E-state index in [9.17, 15) is 9.59 Å². The van der Waals surface area contributed by atoms with Gasteiger partial charge in [-0.2, -0.15) is 0 Å². The number of hydrogen-bond acceptors (Lipinski definition) is 3. The third-order valence-corrected chi connectivity index (χ3v) is 4.63. The van der Waals surface area contributed by atoms with Crippen molar-refractivity contribution in [2.24, 2.45) is 5.92 Å². The normalized spacial score (nSPS) is 26.4. The van der Waals surface area contributed by atoms with Gasteiger partial charge in [-0.15, -0.1) is 0 Å². The van der Waals surface area contributed by atoms with Crippen LogP contribution in [-0.4, -0.2) is 48.8 Å². The summed E-state index contributed by atoms with van der Waals surface area (Å²) in [6, 6.07) is 0.392. The fourth-order valence-corrected chi connectivity index (χ4v) is 3.40. The molecule has 0 aromatic rings. The molecule has 1 heterocycles. The van der Waals surface area contributed by atoms with Gasteiger partial charge < -0.3 is 20.3 Å². The van der Waals surface area contributed by atoms with E-state index in [0.717, 1.165) is 25.7 Å². The number of rotatable bonds is 3. The van der Waals surface area contributed by atoms with Crippen LogP contribution in [0.2, 0.25) is 0 Å². The third kappa shape index (κ3) is 5.07.